The molecule has 2 aliphatic rings. The number of halogens is 2. The molecule has 1 aromatic heterocycles. The van der Waals surface area contributed by atoms with Crippen molar-refractivity contribution in [3.05, 3.63) is 87.1 Å². The van der Waals surface area contributed by atoms with E-state index >= 15 is 0 Å². The Morgan fingerprint density at radius 3 is 1.88 bits per heavy atom. The molecule has 0 fully saturated rings. The van der Waals surface area contributed by atoms with Crippen LogP contribution in [0.2, 0.25) is 0 Å². The lowest BCUT2D eigenvalue weighted by atomic mass is 10.0. The summed E-state index contributed by atoms with van der Waals surface area (Å²) in [7, 11) is 0. The summed E-state index contributed by atoms with van der Waals surface area (Å²) < 4.78 is 17.0. The molecule has 10 nitrogen and oxygen atoms in total. The summed E-state index contributed by atoms with van der Waals surface area (Å²) in [6.07, 6.45) is 4.54. The highest BCUT2D eigenvalue weighted by atomic mass is 79.9. The maximum Gasteiger partial charge on any atom is 0.408 e. The van der Waals surface area contributed by atoms with Crippen LogP contribution in [0.25, 0.3) is 11.3 Å². The first-order chi connectivity index (χ1) is 23.4. The smallest absolute Gasteiger partial charge is 0.408 e. The quantitative estimate of drug-likeness (QED) is 0.129. The Morgan fingerprint density at radius 1 is 0.940 bits per heavy atom. The number of carbonyl (C=O) groups is 2. The van der Waals surface area contributed by atoms with E-state index in [0.717, 1.165) is 76.7 Å². The lowest BCUT2D eigenvalue weighted by Crippen LogP contribution is -2.34. The van der Waals surface area contributed by atoms with Crippen molar-refractivity contribution in [3.8, 4) is 11.3 Å². The van der Waals surface area contributed by atoms with E-state index in [2.05, 4.69) is 62.5 Å². The van der Waals surface area contributed by atoms with Crippen LogP contribution in [0.4, 0.5) is 9.59 Å². The summed E-state index contributed by atoms with van der Waals surface area (Å²) in [5.74, 6) is 0.884. The average molecular weight is 774 g/mol. The van der Waals surface area contributed by atoms with Crippen LogP contribution in [0.5, 0.6) is 0 Å². The second kappa shape index (κ2) is 17.9. The van der Waals surface area contributed by atoms with Gasteiger partial charge in [-0.25, -0.2) is 9.59 Å². The van der Waals surface area contributed by atoms with E-state index in [9.17, 15) is 9.59 Å². The number of hydrogen-bond donors (Lipinski definition) is 3. The van der Waals surface area contributed by atoms with E-state index < -0.39 is 17.3 Å². The number of benzene rings is 2. The summed E-state index contributed by atoms with van der Waals surface area (Å²) in [6.45, 7) is 18.8. The van der Waals surface area contributed by atoms with Crippen LogP contribution >= 0.6 is 27.5 Å². The maximum absolute atomic E-state index is 12.0. The van der Waals surface area contributed by atoms with Crippen LogP contribution in [0, 0.1) is 0 Å². The Morgan fingerprint density at radius 2 is 1.44 bits per heavy atom. The minimum Gasteiger partial charge on any atom is -0.444 e. The summed E-state index contributed by atoms with van der Waals surface area (Å²) in [6, 6.07) is 13.7. The topological polar surface area (TPSA) is 135 Å². The number of oxime groups is 1. The van der Waals surface area contributed by atoms with Gasteiger partial charge in [-0.2, -0.15) is 0 Å². The number of nitrogens with one attached hydrogen (secondary N) is 2. The van der Waals surface area contributed by atoms with Gasteiger partial charge in [-0.1, -0.05) is 82.5 Å². The van der Waals surface area contributed by atoms with Crippen LogP contribution < -0.4 is 10.6 Å². The van der Waals surface area contributed by atoms with Gasteiger partial charge in [0.25, 0.3) is 0 Å². The van der Waals surface area contributed by atoms with Crippen molar-refractivity contribution >= 4 is 44.9 Å². The van der Waals surface area contributed by atoms with Crippen molar-refractivity contribution in [3.63, 3.8) is 0 Å². The van der Waals surface area contributed by atoms with E-state index in [-0.39, 0.29) is 23.3 Å². The number of aromatic nitrogens is 1. The summed E-state index contributed by atoms with van der Waals surface area (Å²) in [4.78, 5) is 23.8. The van der Waals surface area contributed by atoms with E-state index in [0.29, 0.717) is 5.56 Å². The Labute approximate surface area is 309 Å². The van der Waals surface area contributed by atoms with Crippen LogP contribution in [0.15, 0.2) is 63.2 Å². The van der Waals surface area contributed by atoms with Crippen molar-refractivity contribution in [2.45, 2.75) is 117 Å². The van der Waals surface area contributed by atoms with Gasteiger partial charge in [-0.15, -0.1) is 0 Å². The van der Waals surface area contributed by atoms with Crippen molar-refractivity contribution in [2.75, 3.05) is 0 Å². The fourth-order valence-corrected chi connectivity index (χ4v) is 5.51. The minimum absolute atomic E-state index is 0.00686. The molecule has 50 heavy (non-hydrogen) atoms. The van der Waals surface area contributed by atoms with Gasteiger partial charge >= 0.3 is 12.2 Å². The first-order valence-corrected chi connectivity index (χ1v) is 18.0. The Bertz CT molecular complexity index is 1670. The monoisotopic (exact) mass is 772 g/mol. The van der Waals surface area contributed by atoms with Gasteiger partial charge < -0.3 is 29.8 Å². The second-order valence-electron chi connectivity index (χ2n) is 14.1. The van der Waals surface area contributed by atoms with Gasteiger partial charge in [0, 0.05) is 23.6 Å². The zero-order valence-corrected chi connectivity index (χ0v) is 32.6. The number of hydrogen-bond acceptors (Lipinski definition) is 8. The number of carbonyl (C=O) groups excluding carboxylic acids is 2. The standard InChI is InChI=1S/C19H24N2O3.C15H19ClN2O3.C4H7Br/c1-5-14-11-17(21-24-14)13-6-8-15-12(10-13)7-9-16(15)20-18(22)23-19(2,3)4;1-15(2,3)21-14(19)17-12-7-5-9-8-10(13(16)18-20)4-6-11(9)12;1-3-4(2)5/h6,8,10-11,16H,5,7,9H2,1-4H3,(H,20,22);4,6,8,12,20H,5,7H2,1-3H3,(H,17,19);2-3H2,1H3/b;18-13-;/t16-;12-;/m11./s1. The Kier molecular flexibility index (Phi) is 14.5. The lowest BCUT2D eigenvalue weighted by molar-refractivity contribution is 0.0492. The Hall–Kier alpha value is -3.83. The van der Waals surface area contributed by atoms with Crippen molar-refractivity contribution in [2.24, 2.45) is 5.16 Å². The van der Waals surface area contributed by atoms with Crippen molar-refractivity contribution in [1.82, 2.24) is 15.8 Å². The number of rotatable bonds is 6. The summed E-state index contributed by atoms with van der Waals surface area (Å²) in [5, 5.41) is 21.7. The van der Waals surface area contributed by atoms with Gasteiger partial charge in [0.2, 0.25) is 0 Å². The first-order valence-electron chi connectivity index (χ1n) is 16.8. The molecule has 5 rings (SSSR count). The molecule has 0 unspecified atom stereocenters. The number of aryl methyl sites for hydroxylation is 3. The van der Waals surface area contributed by atoms with Gasteiger partial charge in [-0.05, 0) is 113 Å². The van der Waals surface area contributed by atoms with E-state index in [1.165, 1.54) is 5.56 Å². The predicted octanol–water partition coefficient (Wildman–Crippen LogP) is 10.3. The fourth-order valence-electron chi connectivity index (χ4n) is 5.40. The molecule has 0 spiro atoms. The number of ether oxygens (including phenoxy) is 2. The third kappa shape index (κ3) is 12.5. The van der Waals surface area contributed by atoms with Gasteiger partial charge in [-0.3, -0.25) is 0 Å². The van der Waals surface area contributed by atoms with E-state index in [1.54, 1.807) is 6.07 Å². The lowest BCUT2D eigenvalue weighted by Gasteiger charge is -2.22. The largest absolute Gasteiger partial charge is 0.444 e. The molecule has 0 bridgehead atoms. The van der Waals surface area contributed by atoms with Crippen LogP contribution in [-0.4, -0.2) is 38.9 Å². The number of alkyl carbamates (subject to hydrolysis) is 2. The molecule has 2 aromatic carbocycles. The Balaban J connectivity index is 0.000000240. The highest BCUT2D eigenvalue weighted by molar-refractivity contribution is 9.11. The zero-order chi connectivity index (χ0) is 37.2. The molecule has 0 saturated carbocycles. The zero-order valence-electron chi connectivity index (χ0n) is 30.3. The fraction of sp³-hybridized carbons (Fsp3) is 0.474. The third-order valence-corrected chi connectivity index (χ3v) is 8.59. The molecule has 2 amide bonds. The van der Waals surface area contributed by atoms with E-state index in [4.69, 9.17) is 30.8 Å². The van der Waals surface area contributed by atoms with Crippen molar-refractivity contribution in [1.29, 1.82) is 0 Å². The van der Waals surface area contributed by atoms with E-state index in [1.807, 2.05) is 72.7 Å². The number of fused-ring (bicyclic) bond motifs is 2. The SMILES string of the molecule is C=C(Br)CC.CC(C)(C)OC(=O)N[C@@H]1CCc2cc(/C(Cl)=N/O)ccc21.CCc1cc(-c2ccc3c(c2)CC[C@H]3NC(=O)OC(C)(C)C)no1. The molecular weight excluding hydrogens is 724 g/mol. The molecule has 3 aromatic rings. The number of nitrogens with zero attached hydrogens (tertiary/aromatic N) is 2. The molecule has 0 radical (unpaired) electrons. The van der Waals surface area contributed by atoms with Crippen LogP contribution in [0.1, 0.15) is 120 Å². The maximum atomic E-state index is 12.0. The van der Waals surface area contributed by atoms with Crippen LogP contribution in [-0.2, 0) is 28.7 Å². The molecular formula is C38H50BrClN4O6. The molecule has 0 saturated heterocycles. The van der Waals surface area contributed by atoms with Gasteiger partial charge in [0.1, 0.15) is 22.7 Å². The van der Waals surface area contributed by atoms with Gasteiger partial charge in [0.15, 0.2) is 5.17 Å². The highest BCUT2D eigenvalue weighted by Crippen LogP contribution is 2.35. The second-order valence-corrected chi connectivity index (χ2v) is 15.6. The molecule has 0 aliphatic heterocycles. The molecule has 1 heterocycles. The molecule has 2 atom stereocenters. The molecule has 3 N–H and O–H groups in total. The van der Waals surface area contributed by atoms with Crippen molar-refractivity contribution < 1.29 is 28.8 Å². The summed E-state index contributed by atoms with van der Waals surface area (Å²) >= 11 is 8.97. The average Bonchev–Trinajstić information content (AvgIpc) is 3.78. The number of allylic oxidation sites excluding steroid dienone is 1. The summed E-state index contributed by atoms with van der Waals surface area (Å²) in [5.41, 5.74) is 6.12. The third-order valence-electron chi connectivity index (χ3n) is 7.74. The normalized spacial score (nSPS) is 16.5. The minimum atomic E-state index is -0.513. The predicted molar refractivity (Wildman–Crippen MR) is 201 cm³/mol. The molecule has 272 valence electrons. The highest BCUT2D eigenvalue weighted by Gasteiger charge is 2.28. The molecule has 2 aliphatic carbocycles. The molecule has 12 heteroatoms. The first kappa shape index (κ1) is 40.6. The van der Waals surface area contributed by atoms with Crippen LogP contribution in [0.3, 0.4) is 0 Å². The van der Waals surface area contributed by atoms with Gasteiger partial charge in [0.05, 0.1) is 12.1 Å². The number of amides is 2.